The van der Waals surface area contributed by atoms with Crippen molar-refractivity contribution in [1.29, 1.82) is 0 Å². The Bertz CT molecular complexity index is 556. The van der Waals surface area contributed by atoms with Crippen LogP contribution < -0.4 is 5.73 Å². The van der Waals surface area contributed by atoms with Crippen LogP contribution in [0.5, 0.6) is 0 Å². The molecule has 0 atom stereocenters. The summed E-state index contributed by atoms with van der Waals surface area (Å²) in [4.78, 5) is 9.77. The van der Waals surface area contributed by atoms with E-state index in [4.69, 9.17) is 10.3 Å². The molecule has 17 heavy (non-hydrogen) atoms. The molecule has 90 valence electrons. The summed E-state index contributed by atoms with van der Waals surface area (Å²) < 4.78 is 5.32. The van der Waals surface area contributed by atoms with E-state index in [0.29, 0.717) is 12.4 Å². The van der Waals surface area contributed by atoms with Crippen molar-refractivity contribution in [3.05, 3.63) is 16.5 Å². The lowest BCUT2D eigenvalue weighted by molar-refractivity contribution is 0.416. The second-order valence-electron chi connectivity index (χ2n) is 4.71. The van der Waals surface area contributed by atoms with Gasteiger partial charge in [-0.25, -0.2) is 4.98 Å². The van der Waals surface area contributed by atoms with Crippen molar-refractivity contribution in [1.82, 2.24) is 15.1 Å². The van der Waals surface area contributed by atoms with Gasteiger partial charge >= 0.3 is 0 Å². The van der Waals surface area contributed by atoms with Crippen LogP contribution in [0.25, 0.3) is 10.8 Å². The Labute approximate surface area is 103 Å². The first-order valence-electron chi connectivity index (χ1n) is 5.63. The molecule has 0 amide bonds. The molecular weight excluding hydrogens is 236 g/mol. The summed E-state index contributed by atoms with van der Waals surface area (Å²) in [6, 6.07) is 0. The normalized spacial score (nSPS) is 17.4. The first-order valence-corrected chi connectivity index (χ1v) is 6.45. The minimum atomic E-state index is 0.136. The number of thiazole rings is 1. The molecule has 2 heterocycles. The Morgan fingerprint density at radius 3 is 2.76 bits per heavy atom. The summed E-state index contributed by atoms with van der Waals surface area (Å²) in [7, 11) is 0. The molecule has 1 aliphatic rings. The van der Waals surface area contributed by atoms with Gasteiger partial charge in [-0.1, -0.05) is 12.1 Å². The highest BCUT2D eigenvalue weighted by Gasteiger charge is 2.43. The standard InChI is InChI=1S/C11H14N4OS/c1-6-8(17-7(5-12)13-6)9-14-10(15-16-9)11(2)3-4-11/h3-5,12H2,1-2H3. The van der Waals surface area contributed by atoms with Gasteiger partial charge < -0.3 is 10.3 Å². The van der Waals surface area contributed by atoms with E-state index in [-0.39, 0.29) is 5.41 Å². The zero-order chi connectivity index (χ0) is 12.0. The lowest BCUT2D eigenvalue weighted by atomic mass is 10.1. The molecule has 2 aromatic heterocycles. The predicted octanol–water partition coefficient (Wildman–Crippen LogP) is 2.01. The Kier molecular flexibility index (Phi) is 2.31. The largest absolute Gasteiger partial charge is 0.333 e. The van der Waals surface area contributed by atoms with Crippen LogP contribution in [-0.4, -0.2) is 15.1 Å². The SMILES string of the molecule is Cc1nc(CN)sc1-c1nc(C2(C)CC2)no1. The van der Waals surface area contributed by atoms with Gasteiger partial charge in [0.05, 0.1) is 5.69 Å². The smallest absolute Gasteiger partial charge is 0.269 e. The second kappa shape index (κ2) is 3.61. The molecule has 3 rings (SSSR count). The Morgan fingerprint density at radius 1 is 1.41 bits per heavy atom. The third kappa shape index (κ3) is 1.77. The molecule has 0 radical (unpaired) electrons. The topological polar surface area (TPSA) is 77.8 Å². The molecule has 0 saturated heterocycles. The highest BCUT2D eigenvalue weighted by molar-refractivity contribution is 7.15. The summed E-state index contributed by atoms with van der Waals surface area (Å²) in [5.41, 5.74) is 6.62. The van der Waals surface area contributed by atoms with Gasteiger partial charge in [-0.3, -0.25) is 0 Å². The third-order valence-electron chi connectivity index (χ3n) is 3.18. The number of hydrogen-bond donors (Lipinski definition) is 1. The van der Waals surface area contributed by atoms with Crippen LogP contribution >= 0.6 is 11.3 Å². The maximum atomic E-state index is 5.58. The van der Waals surface area contributed by atoms with Crippen molar-refractivity contribution in [2.75, 3.05) is 0 Å². The Hall–Kier alpha value is -1.27. The fourth-order valence-electron chi connectivity index (χ4n) is 1.71. The molecule has 6 heteroatoms. The van der Waals surface area contributed by atoms with Crippen molar-refractivity contribution in [3.8, 4) is 10.8 Å². The van der Waals surface area contributed by atoms with Crippen LogP contribution in [0, 0.1) is 6.92 Å². The second-order valence-corrected chi connectivity index (χ2v) is 5.79. The first kappa shape index (κ1) is 10.9. The monoisotopic (exact) mass is 250 g/mol. The van der Waals surface area contributed by atoms with Crippen LogP contribution in [0.2, 0.25) is 0 Å². The van der Waals surface area contributed by atoms with Crippen molar-refractivity contribution in [2.45, 2.75) is 38.6 Å². The molecule has 1 aliphatic carbocycles. The van der Waals surface area contributed by atoms with Crippen LogP contribution in [0.1, 0.15) is 36.3 Å². The number of rotatable bonds is 3. The van der Waals surface area contributed by atoms with E-state index in [1.54, 1.807) is 0 Å². The van der Waals surface area contributed by atoms with Crippen LogP contribution in [0.15, 0.2) is 4.52 Å². The molecule has 0 aliphatic heterocycles. The molecule has 1 saturated carbocycles. The number of aromatic nitrogens is 3. The zero-order valence-corrected chi connectivity index (χ0v) is 10.7. The van der Waals surface area contributed by atoms with Gasteiger partial charge in [0, 0.05) is 12.0 Å². The van der Waals surface area contributed by atoms with Crippen molar-refractivity contribution in [2.24, 2.45) is 5.73 Å². The molecule has 0 bridgehead atoms. The quantitative estimate of drug-likeness (QED) is 0.901. The average Bonchev–Trinajstić information content (AvgIpc) is 2.80. The molecule has 0 spiro atoms. The molecule has 5 nitrogen and oxygen atoms in total. The van der Waals surface area contributed by atoms with E-state index in [2.05, 4.69) is 22.0 Å². The summed E-state index contributed by atoms with van der Waals surface area (Å²) in [5, 5.41) is 4.96. The van der Waals surface area contributed by atoms with Crippen LogP contribution in [0.3, 0.4) is 0 Å². The minimum Gasteiger partial charge on any atom is -0.333 e. The molecule has 0 aromatic carbocycles. The fraction of sp³-hybridized carbons (Fsp3) is 0.545. The summed E-state index contributed by atoms with van der Waals surface area (Å²) in [6.07, 6.45) is 2.28. The lowest BCUT2D eigenvalue weighted by Crippen LogP contribution is -2.01. The van der Waals surface area contributed by atoms with E-state index in [1.165, 1.54) is 11.3 Å². The fourth-order valence-corrected chi connectivity index (χ4v) is 2.58. The van der Waals surface area contributed by atoms with Crippen molar-refractivity contribution >= 4 is 11.3 Å². The molecule has 1 fully saturated rings. The highest BCUT2D eigenvalue weighted by atomic mass is 32.1. The number of aryl methyl sites for hydroxylation is 1. The summed E-state index contributed by atoms with van der Waals surface area (Å²) in [5.74, 6) is 1.39. The minimum absolute atomic E-state index is 0.136. The van der Waals surface area contributed by atoms with Crippen LogP contribution in [-0.2, 0) is 12.0 Å². The summed E-state index contributed by atoms with van der Waals surface area (Å²) >= 11 is 1.52. The molecule has 2 N–H and O–H groups in total. The molecule has 0 unspecified atom stereocenters. The summed E-state index contributed by atoms with van der Waals surface area (Å²) in [6.45, 7) is 4.55. The number of nitrogens with two attached hydrogens (primary N) is 1. The van der Waals surface area contributed by atoms with Crippen molar-refractivity contribution < 1.29 is 4.52 Å². The van der Waals surface area contributed by atoms with Gasteiger partial charge in [0.2, 0.25) is 0 Å². The van der Waals surface area contributed by atoms with Gasteiger partial charge in [0.1, 0.15) is 9.88 Å². The van der Waals surface area contributed by atoms with Crippen LogP contribution in [0.4, 0.5) is 0 Å². The van der Waals surface area contributed by atoms with Gasteiger partial charge in [0.25, 0.3) is 5.89 Å². The van der Waals surface area contributed by atoms with E-state index in [0.717, 1.165) is 34.2 Å². The average molecular weight is 250 g/mol. The third-order valence-corrected chi connectivity index (χ3v) is 4.34. The number of nitrogens with zero attached hydrogens (tertiary/aromatic N) is 3. The van der Waals surface area contributed by atoms with E-state index in [1.807, 2.05) is 6.92 Å². The van der Waals surface area contributed by atoms with Crippen molar-refractivity contribution in [3.63, 3.8) is 0 Å². The first-order chi connectivity index (χ1) is 8.12. The highest BCUT2D eigenvalue weighted by Crippen LogP contribution is 2.46. The maximum Gasteiger partial charge on any atom is 0.269 e. The lowest BCUT2D eigenvalue weighted by Gasteiger charge is -1.96. The van der Waals surface area contributed by atoms with Gasteiger partial charge in [-0.15, -0.1) is 11.3 Å². The van der Waals surface area contributed by atoms with E-state index in [9.17, 15) is 0 Å². The van der Waals surface area contributed by atoms with E-state index >= 15 is 0 Å². The van der Waals surface area contributed by atoms with E-state index < -0.39 is 0 Å². The van der Waals surface area contributed by atoms with Gasteiger partial charge in [-0.2, -0.15) is 4.98 Å². The molecule has 2 aromatic rings. The maximum absolute atomic E-state index is 5.58. The predicted molar refractivity (Wildman–Crippen MR) is 64.6 cm³/mol. The van der Waals surface area contributed by atoms with Gasteiger partial charge in [-0.05, 0) is 19.8 Å². The molecular formula is C11H14N4OS. The Morgan fingerprint density at radius 2 is 2.18 bits per heavy atom. The Balaban J connectivity index is 1.97. The van der Waals surface area contributed by atoms with Gasteiger partial charge in [0.15, 0.2) is 5.82 Å². The number of hydrogen-bond acceptors (Lipinski definition) is 6. The zero-order valence-electron chi connectivity index (χ0n) is 9.86.